The summed E-state index contributed by atoms with van der Waals surface area (Å²) in [6.07, 6.45) is 0.973. The van der Waals surface area contributed by atoms with Crippen LogP contribution in [0.3, 0.4) is 0 Å². The number of carbonyl (C=O) groups is 2. The van der Waals surface area contributed by atoms with Gasteiger partial charge in [0, 0.05) is 17.0 Å². The topological polar surface area (TPSA) is 61.8 Å². The number of hydrogen-bond acceptors (Lipinski definition) is 6. The fourth-order valence-electron chi connectivity index (χ4n) is 2.16. The van der Waals surface area contributed by atoms with Crippen LogP contribution in [0, 0.1) is 0 Å². The van der Waals surface area contributed by atoms with Gasteiger partial charge in [-0.3, -0.25) is 4.79 Å². The van der Waals surface area contributed by atoms with Gasteiger partial charge in [-0.15, -0.1) is 11.3 Å². The molecule has 1 aliphatic rings. The van der Waals surface area contributed by atoms with E-state index in [0.717, 1.165) is 4.88 Å². The Kier molecular flexibility index (Phi) is 4.16. The third kappa shape index (κ3) is 3.12. The summed E-state index contributed by atoms with van der Waals surface area (Å²) in [6.45, 7) is 1.59. The van der Waals surface area contributed by atoms with E-state index in [1.807, 2.05) is 17.5 Å². The lowest BCUT2D eigenvalue weighted by Gasteiger charge is -2.12. The van der Waals surface area contributed by atoms with Crippen molar-refractivity contribution < 1.29 is 23.8 Å². The Hall–Kier alpha value is -2.60. The van der Waals surface area contributed by atoms with Crippen molar-refractivity contribution >= 4 is 29.2 Å². The van der Waals surface area contributed by atoms with E-state index in [-0.39, 0.29) is 11.5 Å². The Morgan fingerprint density at radius 2 is 2.17 bits per heavy atom. The molecule has 6 heteroatoms. The highest BCUT2D eigenvalue weighted by Crippen LogP contribution is 2.35. The molecule has 1 atom stereocenters. The molecule has 118 valence electrons. The molecule has 2 aromatic rings. The Labute approximate surface area is 137 Å². The van der Waals surface area contributed by atoms with Gasteiger partial charge in [0.05, 0.1) is 12.7 Å². The van der Waals surface area contributed by atoms with Crippen LogP contribution >= 0.6 is 11.3 Å². The van der Waals surface area contributed by atoms with Crippen LogP contribution in [0.25, 0.3) is 6.08 Å². The molecule has 0 radical (unpaired) electrons. The highest BCUT2D eigenvalue weighted by atomic mass is 32.1. The number of esters is 1. The first-order chi connectivity index (χ1) is 11.1. The number of Topliss-reactive ketones (excluding diaryl/α,β-unsaturated/α-hetero) is 1. The number of ether oxygens (including phenoxy) is 3. The predicted octanol–water partition coefficient (Wildman–Crippen LogP) is 3.30. The third-order valence-corrected chi connectivity index (χ3v) is 4.12. The maximum atomic E-state index is 12.3. The molecular formula is C17H14O5S. The lowest BCUT2D eigenvalue weighted by molar-refractivity contribution is -0.147. The first-order valence-corrected chi connectivity index (χ1v) is 7.82. The molecule has 0 amide bonds. The van der Waals surface area contributed by atoms with Crippen LogP contribution in [0.15, 0.2) is 41.5 Å². The van der Waals surface area contributed by atoms with Gasteiger partial charge in [0.15, 0.2) is 11.9 Å². The van der Waals surface area contributed by atoms with E-state index in [1.54, 1.807) is 31.2 Å². The summed E-state index contributed by atoms with van der Waals surface area (Å²) >= 11 is 1.52. The minimum absolute atomic E-state index is 0.166. The van der Waals surface area contributed by atoms with Gasteiger partial charge in [0.1, 0.15) is 11.5 Å². The molecule has 0 bridgehead atoms. The maximum Gasteiger partial charge on any atom is 0.346 e. The number of allylic oxidation sites excluding steroid dienone is 1. The largest absolute Gasteiger partial charge is 0.479 e. The molecule has 3 rings (SSSR count). The first-order valence-electron chi connectivity index (χ1n) is 6.95. The lowest BCUT2D eigenvalue weighted by Crippen LogP contribution is -2.24. The van der Waals surface area contributed by atoms with Gasteiger partial charge in [0.2, 0.25) is 5.78 Å². The van der Waals surface area contributed by atoms with Crippen LogP contribution < -0.4 is 9.47 Å². The number of fused-ring (bicyclic) bond motifs is 1. The first kappa shape index (κ1) is 15.3. The summed E-state index contributed by atoms with van der Waals surface area (Å²) < 4.78 is 15.7. The van der Waals surface area contributed by atoms with Crippen molar-refractivity contribution in [3.63, 3.8) is 0 Å². The second kappa shape index (κ2) is 6.26. The van der Waals surface area contributed by atoms with E-state index < -0.39 is 12.1 Å². The summed E-state index contributed by atoms with van der Waals surface area (Å²) in [6, 6.07) is 8.68. The maximum absolute atomic E-state index is 12.3. The zero-order chi connectivity index (χ0) is 16.4. The highest BCUT2D eigenvalue weighted by Gasteiger charge is 2.28. The van der Waals surface area contributed by atoms with E-state index >= 15 is 0 Å². The fourth-order valence-corrected chi connectivity index (χ4v) is 2.81. The quantitative estimate of drug-likeness (QED) is 0.636. The number of hydrogen-bond donors (Lipinski definition) is 0. The number of ketones is 1. The molecule has 0 spiro atoms. The second-order valence-electron chi connectivity index (χ2n) is 4.90. The second-order valence-corrected chi connectivity index (χ2v) is 5.88. The van der Waals surface area contributed by atoms with Gasteiger partial charge < -0.3 is 14.2 Å². The molecule has 0 N–H and O–H groups in total. The molecular weight excluding hydrogens is 316 g/mol. The van der Waals surface area contributed by atoms with E-state index in [1.165, 1.54) is 18.4 Å². The molecule has 0 unspecified atom stereocenters. The summed E-state index contributed by atoms with van der Waals surface area (Å²) in [4.78, 5) is 24.6. The van der Waals surface area contributed by atoms with Gasteiger partial charge in [-0.05, 0) is 30.5 Å². The van der Waals surface area contributed by atoms with Crippen molar-refractivity contribution in [2.45, 2.75) is 13.0 Å². The Morgan fingerprint density at radius 3 is 2.87 bits per heavy atom. The van der Waals surface area contributed by atoms with Crippen molar-refractivity contribution in [3.05, 3.63) is 51.9 Å². The lowest BCUT2D eigenvalue weighted by atomic mass is 10.1. The smallest absolute Gasteiger partial charge is 0.346 e. The summed E-state index contributed by atoms with van der Waals surface area (Å²) in [5.41, 5.74) is 0.478. The summed E-state index contributed by atoms with van der Waals surface area (Å²) in [5.74, 6) is 0.501. The molecule has 0 saturated heterocycles. The number of methoxy groups -OCH3 is 1. The van der Waals surface area contributed by atoms with Gasteiger partial charge in [-0.1, -0.05) is 6.07 Å². The molecule has 23 heavy (non-hydrogen) atoms. The molecule has 0 aliphatic carbocycles. The zero-order valence-corrected chi connectivity index (χ0v) is 13.4. The van der Waals surface area contributed by atoms with Crippen molar-refractivity contribution in [1.82, 2.24) is 0 Å². The normalized spacial score (nSPS) is 15.9. The van der Waals surface area contributed by atoms with Gasteiger partial charge in [-0.25, -0.2) is 4.79 Å². The minimum Gasteiger partial charge on any atom is -0.479 e. The van der Waals surface area contributed by atoms with Crippen molar-refractivity contribution in [2.24, 2.45) is 0 Å². The van der Waals surface area contributed by atoms with E-state index in [9.17, 15) is 9.59 Å². The van der Waals surface area contributed by atoms with Crippen molar-refractivity contribution in [3.8, 4) is 11.5 Å². The summed E-state index contributed by atoms with van der Waals surface area (Å²) in [7, 11) is 1.30. The van der Waals surface area contributed by atoms with Gasteiger partial charge in [0.25, 0.3) is 0 Å². The van der Waals surface area contributed by atoms with E-state index in [0.29, 0.717) is 17.1 Å². The molecule has 0 saturated carbocycles. The Morgan fingerprint density at radius 1 is 1.35 bits per heavy atom. The molecule has 0 fully saturated rings. The van der Waals surface area contributed by atoms with Crippen LogP contribution in [-0.4, -0.2) is 25.0 Å². The standard InChI is InChI=1S/C17H14O5S/c1-10(17(19)20-2)21-11-5-6-13-14(8-11)22-15(16(13)18)9-12-4-3-7-23-12/h3-10H,1-2H3/b15-9-/t10-/m0/s1. The summed E-state index contributed by atoms with van der Waals surface area (Å²) in [5, 5.41) is 1.93. The van der Waals surface area contributed by atoms with Crippen molar-refractivity contribution in [1.29, 1.82) is 0 Å². The third-order valence-electron chi connectivity index (χ3n) is 3.30. The Bertz CT molecular complexity index is 776. The van der Waals surface area contributed by atoms with E-state index in [4.69, 9.17) is 9.47 Å². The Balaban J connectivity index is 1.81. The van der Waals surface area contributed by atoms with Gasteiger partial charge in [-0.2, -0.15) is 0 Å². The SMILES string of the molecule is COC(=O)[C@H](C)Oc1ccc2c(c1)O/C(=C\c1cccs1)C2=O. The van der Waals surface area contributed by atoms with Crippen LogP contribution in [-0.2, 0) is 9.53 Å². The molecule has 5 nitrogen and oxygen atoms in total. The average molecular weight is 330 g/mol. The fraction of sp³-hybridized carbons (Fsp3) is 0.176. The molecule has 1 aromatic heterocycles. The zero-order valence-electron chi connectivity index (χ0n) is 12.6. The van der Waals surface area contributed by atoms with Crippen LogP contribution in [0.5, 0.6) is 11.5 Å². The number of rotatable bonds is 4. The van der Waals surface area contributed by atoms with Crippen LogP contribution in [0.4, 0.5) is 0 Å². The number of carbonyl (C=O) groups excluding carboxylic acids is 2. The highest BCUT2D eigenvalue weighted by molar-refractivity contribution is 7.10. The molecule has 1 aromatic carbocycles. The van der Waals surface area contributed by atoms with Crippen molar-refractivity contribution in [2.75, 3.05) is 7.11 Å². The number of thiophene rings is 1. The predicted molar refractivity (Wildman–Crippen MR) is 85.8 cm³/mol. The van der Waals surface area contributed by atoms with Crippen LogP contribution in [0.1, 0.15) is 22.2 Å². The minimum atomic E-state index is -0.740. The molecule has 1 aliphatic heterocycles. The van der Waals surface area contributed by atoms with E-state index in [2.05, 4.69) is 4.74 Å². The van der Waals surface area contributed by atoms with Crippen LogP contribution in [0.2, 0.25) is 0 Å². The monoisotopic (exact) mass is 330 g/mol. The average Bonchev–Trinajstić information content (AvgIpc) is 3.15. The van der Waals surface area contributed by atoms with Gasteiger partial charge >= 0.3 is 5.97 Å². The number of benzene rings is 1. The molecule has 2 heterocycles.